The summed E-state index contributed by atoms with van der Waals surface area (Å²) < 4.78 is 5.37. The molecule has 0 aliphatic carbocycles. The number of nitrogens with one attached hydrogen (secondary N) is 1. The molecule has 0 fully saturated rings. The number of fused-ring (bicyclic) bond motifs is 1. The Labute approximate surface area is 82.3 Å². The second kappa shape index (κ2) is 3.65. The first-order valence-electron chi connectivity index (χ1n) is 4.62. The van der Waals surface area contributed by atoms with Crippen LogP contribution in [0, 0.1) is 0 Å². The van der Waals surface area contributed by atoms with Crippen LogP contribution in [0.4, 0.5) is 0 Å². The van der Waals surface area contributed by atoms with Crippen LogP contribution in [0.2, 0.25) is 0 Å². The van der Waals surface area contributed by atoms with Gasteiger partial charge in [0, 0.05) is 25.1 Å². The molecule has 0 saturated heterocycles. The molecule has 0 aromatic carbocycles. The van der Waals surface area contributed by atoms with Gasteiger partial charge in [0.2, 0.25) is 11.8 Å². The Balaban J connectivity index is 2.26. The molecule has 2 heterocycles. The lowest BCUT2D eigenvalue weighted by atomic mass is 10.0. The lowest BCUT2D eigenvalue weighted by molar-refractivity contribution is -0.119. The maximum absolute atomic E-state index is 10.9. The average molecular weight is 192 g/mol. The van der Waals surface area contributed by atoms with E-state index in [-0.39, 0.29) is 11.9 Å². The third-order valence-corrected chi connectivity index (χ3v) is 2.20. The highest BCUT2D eigenvalue weighted by Gasteiger charge is 2.22. The number of hydrogen-bond acceptors (Lipinski definition) is 3. The van der Waals surface area contributed by atoms with Crippen molar-refractivity contribution in [2.24, 2.45) is 0 Å². The maximum atomic E-state index is 10.9. The summed E-state index contributed by atoms with van der Waals surface area (Å²) in [4.78, 5) is 15.1. The molecule has 1 aromatic rings. The minimum atomic E-state index is -0.0216. The Hall–Kier alpha value is -1.58. The number of carbonyl (C=O) groups excluding carboxylic acids is 1. The molecule has 14 heavy (non-hydrogen) atoms. The molecule has 1 unspecified atom stereocenters. The smallest absolute Gasteiger partial charge is 0.218 e. The Morgan fingerprint density at radius 3 is 3.36 bits per heavy atom. The Kier molecular flexibility index (Phi) is 2.35. The summed E-state index contributed by atoms with van der Waals surface area (Å²) in [6, 6.07) is 3.83. The van der Waals surface area contributed by atoms with Gasteiger partial charge in [0.25, 0.3) is 0 Å². The van der Waals surface area contributed by atoms with E-state index in [2.05, 4.69) is 10.3 Å². The third-order valence-electron chi connectivity index (χ3n) is 2.20. The lowest BCUT2D eigenvalue weighted by Crippen LogP contribution is -2.30. The van der Waals surface area contributed by atoms with E-state index >= 15 is 0 Å². The first kappa shape index (κ1) is 8.99. The van der Waals surface area contributed by atoms with E-state index in [0.29, 0.717) is 12.5 Å². The van der Waals surface area contributed by atoms with Gasteiger partial charge < -0.3 is 10.1 Å². The van der Waals surface area contributed by atoms with Gasteiger partial charge in [-0.3, -0.25) is 4.79 Å². The van der Waals surface area contributed by atoms with Gasteiger partial charge in [-0.2, -0.15) is 0 Å². The molecule has 1 atom stereocenters. The van der Waals surface area contributed by atoms with Gasteiger partial charge >= 0.3 is 0 Å². The van der Waals surface area contributed by atoms with E-state index < -0.39 is 0 Å². The largest absolute Gasteiger partial charge is 0.477 e. The van der Waals surface area contributed by atoms with Gasteiger partial charge in [0.15, 0.2) is 0 Å². The summed E-state index contributed by atoms with van der Waals surface area (Å²) in [5.41, 5.74) is 0.967. The Morgan fingerprint density at radius 2 is 2.57 bits per heavy atom. The molecule has 1 N–H and O–H groups in total. The first-order chi connectivity index (χ1) is 6.77. The lowest BCUT2D eigenvalue weighted by Gasteiger charge is -2.24. The zero-order chi connectivity index (χ0) is 9.97. The summed E-state index contributed by atoms with van der Waals surface area (Å²) in [5, 5.41) is 2.88. The van der Waals surface area contributed by atoms with Gasteiger partial charge in [-0.15, -0.1) is 0 Å². The normalized spacial score (nSPS) is 19.4. The predicted octanol–water partition coefficient (Wildman–Crippen LogP) is 1.04. The van der Waals surface area contributed by atoms with Crippen molar-refractivity contribution in [1.82, 2.24) is 10.3 Å². The second-order valence-corrected chi connectivity index (χ2v) is 3.29. The molecular weight excluding hydrogens is 180 g/mol. The van der Waals surface area contributed by atoms with Crippen LogP contribution in [0.5, 0.6) is 5.88 Å². The number of ether oxygens (including phenoxy) is 1. The van der Waals surface area contributed by atoms with Crippen molar-refractivity contribution in [3.05, 3.63) is 23.9 Å². The molecule has 1 amide bonds. The van der Waals surface area contributed by atoms with Crippen LogP contribution in [-0.4, -0.2) is 17.5 Å². The van der Waals surface area contributed by atoms with Gasteiger partial charge in [0.05, 0.1) is 12.6 Å². The van der Waals surface area contributed by atoms with E-state index in [4.69, 9.17) is 4.74 Å². The molecule has 0 spiro atoms. The molecule has 0 radical (unpaired) electrons. The van der Waals surface area contributed by atoms with Crippen molar-refractivity contribution < 1.29 is 9.53 Å². The van der Waals surface area contributed by atoms with Crippen LogP contribution in [0.15, 0.2) is 18.3 Å². The quantitative estimate of drug-likeness (QED) is 0.723. The zero-order valence-corrected chi connectivity index (χ0v) is 7.99. The summed E-state index contributed by atoms with van der Waals surface area (Å²) in [5.74, 6) is 0.615. The minimum absolute atomic E-state index is 0.0216. The van der Waals surface area contributed by atoms with E-state index in [0.717, 1.165) is 12.0 Å². The molecular formula is C10H12N2O2. The fraction of sp³-hybridized carbons (Fsp3) is 0.400. The van der Waals surface area contributed by atoms with E-state index in [1.807, 2.05) is 12.1 Å². The van der Waals surface area contributed by atoms with E-state index in [1.165, 1.54) is 6.92 Å². The summed E-state index contributed by atoms with van der Waals surface area (Å²) in [6.45, 7) is 2.13. The number of hydrogen-bond donors (Lipinski definition) is 1. The van der Waals surface area contributed by atoms with Gasteiger partial charge in [-0.05, 0) is 6.07 Å². The molecule has 1 aromatic heterocycles. The summed E-state index contributed by atoms with van der Waals surface area (Å²) in [7, 11) is 0. The number of amides is 1. The molecule has 2 rings (SSSR count). The predicted molar refractivity (Wildman–Crippen MR) is 50.9 cm³/mol. The monoisotopic (exact) mass is 192 g/mol. The van der Waals surface area contributed by atoms with E-state index in [9.17, 15) is 4.79 Å². The average Bonchev–Trinajstić information content (AvgIpc) is 2.18. The van der Waals surface area contributed by atoms with Gasteiger partial charge in [-0.25, -0.2) is 4.98 Å². The van der Waals surface area contributed by atoms with Crippen LogP contribution in [0.25, 0.3) is 0 Å². The van der Waals surface area contributed by atoms with Crippen molar-refractivity contribution in [3.8, 4) is 5.88 Å². The fourth-order valence-electron chi connectivity index (χ4n) is 1.61. The van der Waals surface area contributed by atoms with E-state index in [1.54, 1.807) is 6.20 Å². The summed E-state index contributed by atoms with van der Waals surface area (Å²) >= 11 is 0. The highest BCUT2D eigenvalue weighted by molar-refractivity contribution is 5.73. The first-order valence-corrected chi connectivity index (χ1v) is 4.62. The second-order valence-electron chi connectivity index (χ2n) is 3.29. The number of nitrogens with zero attached hydrogens (tertiary/aromatic N) is 1. The van der Waals surface area contributed by atoms with Gasteiger partial charge in [0.1, 0.15) is 0 Å². The standard InChI is InChI=1S/C10H12N2O2/c1-7(13)12-9-4-6-14-10-8(9)3-2-5-11-10/h2-3,5,9H,4,6H2,1H3,(H,12,13). The number of aromatic nitrogens is 1. The maximum Gasteiger partial charge on any atom is 0.218 e. The molecule has 4 nitrogen and oxygen atoms in total. The van der Waals surface area contributed by atoms with Crippen LogP contribution in [0.1, 0.15) is 24.9 Å². The van der Waals surface area contributed by atoms with Crippen molar-refractivity contribution in [3.63, 3.8) is 0 Å². The van der Waals surface area contributed by atoms with Crippen molar-refractivity contribution in [2.45, 2.75) is 19.4 Å². The fourth-order valence-corrected chi connectivity index (χ4v) is 1.61. The van der Waals surface area contributed by atoms with Crippen LogP contribution in [0.3, 0.4) is 0 Å². The topological polar surface area (TPSA) is 51.2 Å². The number of carbonyl (C=O) groups is 1. The van der Waals surface area contributed by atoms with Crippen LogP contribution >= 0.6 is 0 Å². The van der Waals surface area contributed by atoms with Crippen LogP contribution < -0.4 is 10.1 Å². The highest BCUT2D eigenvalue weighted by atomic mass is 16.5. The number of pyridine rings is 1. The highest BCUT2D eigenvalue weighted by Crippen LogP contribution is 2.29. The van der Waals surface area contributed by atoms with Crippen LogP contribution in [-0.2, 0) is 4.79 Å². The van der Waals surface area contributed by atoms with Crippen molar-refractivity contribution >= 4 is 5.91 Å². The molecule has 1 aliphatic rings. The Morgan fingerprint density at radius 1 is 1.71 bits per heavy atom. The molecule has 4 heteroatoms. The Bertz CT molecular complexity index is 352. The number of rotatable bonds is 1. The van der Waals surface area contributed by atoms with Gasteiger partial charge in [-0.1, -0.05) is 6.07 Å². The van der Waals surface area contributed by atoms with Crippen molar-refractivity contribution in [1.29, 1.82) is 0 Å². The molecule has 1 aliphatic heterocycles. The zero-order valence-electron chi connectivity index (χ0n) is 7.99. The molecule has 74 valence electrons. The minimum Gasteiger partial charge on any atom is -0.477 e. The summed E-state index contributed by atoms with van der Waals surface area (Å²) in [6.07, 6.45) is 2.49. The third kappa shape index (κ3) is 1.69. The SMILES string of the molecule is CC(=O)NC1CCOc2ncccc21. The molecule has 0 bridgehead atoms. The molecule has 0 saturated carbocycles. The van der Waals surface area contributed by atoms with Crippen molar-refractivity contribution in [2.75, 3.05) is 6.61 Å².